The number of hydrogen-bond acceptors (Lipinski definition) is 4. The van der Waals surface area contributed by atoms with Gasteiger partial charge in [0.25, 0.3) is 0 Å². The average molecular weight is 306 g/mol. The topological polar surface area (TPSA) is 89.9 Å². The van der Waals surface area contributed by atoms with Crippen LogP contribution >= 0.6 is 0 Å². The van der Waals surface area contributed by atoms with Crippen molar-refractivity contribution < 1.29 is 19.8 Å². The first-order valence-electron chi connectivity index (χ1n) is 7.45. The van der Waals surface area contributed by atoms with E-state index in [9.17, 15) is 14.7 Å². The summed E-state index contributed by atoms with van der Waals surface area (Å²) in [7, 11) is 1.77. The molecule has 3 N–H and O–H groups in total. The zero-order valence-corrected chi connectivity index (χ0v) is 12.7. The molecule has 1 fully saturated rings. The Labute approximate surface area is 129 Å². The van der Waals surface area contributed by atoms with E-state index in [0.717, 1.165) is 24.1 Å². The summed E-state index contributed by atoms with van der Waals surface area (Å²) in [5.41, 5.74) is 1.47. The van der Waals surface area contributed by atoms with Gasteiger partial charge in [0, 0.05) is 24.7 Å². The van der Waals surface area contributed by atoms with E-state index in [1.165, 1.54) is 0 Å². The quantitative estimate of drug-likeness (QED) is 0.677. The molecule has 0 aliphatic heterocycles. The number of carboxylic acids is 1. The van der Waals surface area contributed by atoms with Crippen molar-refractivity contribution in [3.8, 4) is 0 Å². The molecule has 6 heteroatoms. The number of benzene rings is 1. The molecule has 22 heavy (non-hydrogen) atoms. The van der Waals surface area contributed by atoms with Crippen molar-refractivity contribution in [3.63, 3.8) is 0 Å². The second-order valence-corrected chi connectivity index (χ2v) is 5.81. The van der Waals surface area contributed by atoms with Gasteiger partial charge >= 0.3 is 5.97 Å². The van der Waals surface area contributed by atoms with Crippen molar-refractivity contribution in [1.29, 1.82) is 0 Å². The number of aliphatic hydroxyl groups is 1. The number of likely N-dealkylation sites (N-methyl/N-ethyl adjacent to an activating group) is 1. The van der Waals surface area contributed by atoms with Crippen molar-refractivity contribution in [2.75, 3.05) is 25.5 Å². The summed E-state index contributed by atoms with van der Waals surface area (Å²) in [6.45, 7) is 0.753. The van der Waals surface area contributed by atoms with Crippen LogP contribution in [0.2, 0.25) is 0 Å². The number of hydrogen-bond donors (Lipinski definition) is 3. The minimum absolute atomic E-state index is 0.0509. The first kappa shape index (κ1) is 16.5. The normalized spacial score (nSPS) is 15.6. The second kappa shape index (κ2) is 7.38. The predicted octanol–water partition coefficient (Wildman–Crippen LogP) is 1.47. The smallest absolute Gasteiger partial charge is 0.304 e. The summed E-state index contributed by atoms with van der Waals surface area (Å²) in [6, 6.07) is 7.10. The fourth-order valence-electron chi connectivity index (χ4n) is 2.16. The van der Waals surface area contributed by atoms with Crippen LogP contribution < -0.4 is 5.32 Å². The average Bonchev–Trinajstić information content (AvgIpc) is 3.30. The second-order valence-electron chi connectivity index (χ2n) is 5.81. The van der Waals surface area contributed by atoms with E-state index in [0.29, 0.717) is 13.1 Å². The molecule has 0 spiro atoms. The first-order valence-corrected chi connectivity index (χ1v) is 7.45. The number of nitrogens with zero attached hydrogens (tertiary/aromatic N) is 1. The number of carbonyl (C=O) groups excluding carboxylic acids is 1. The molecule has 0 aromatic heterocycles. The van der Waals surface area contributed by atoms with Gasteiger partial charge in [-0.25, -0.2) is 0 Å². The maximum atomic E-state index is 11.7. The van der Waals surface area contributed by atoms with Gasteiger partial charge in [0.05, 0.1) is 12.5 Å². The lowest BCUT2D eigenvalue weighted by Crippen LogP contribution is -2.27. The summed E-state index contributed by atoms with van der Waals surface area (Å²) in [5, 5.41) is 21.6. The molecule has 1 aliphatic carbocycles. The SMILES string of the molecule is CN(CCC(=O)O)CC(O)c1ccc(NC(=O)C2CC2)cc1. The maximum Gasteiger partial charge on any atom is 0.304 e. The molecule has 1 saturated carbocycles. The van der Waals surface area contributed by atoms with Gasteiger partial charge in [-0.05, 0) is 37.6 Å². The summed E-state index contributed by atoms with van der Waals surface area (Å²) in [5.74, 6) is -0.632. The zero-order valence-electron chi connectivity index (χ0n) is 12.7. The van der Waals surface area contributed by atoms with Crippen molar-refractivity contribution in [2.24, 2.45) is 5.92 Å². The van der Waals surface area contributed by atoms with E-state index >= 15 is 0 Å². The van der Waals surface area contributed by atoms with E-state index in [1.807, 2.05) is 0 Å². The summed E-state index contributed by atoms with van der Waals surface area (Å²) < 4.78 is 0. The molecule has 6 nitrogen and oxygen atoms in total. The summed E-state index contributed by atoms with van der Waals surface area (Å²) in [6.07, 6.45) is 1.29. The van der Waals surface area contributed by atoms with Gasteiger partial charge in [-0.2, -0.15) is 0 Å². The molecular formula is C16H22N2O4. The minimum atomic E-state index is -0.850. The van der Waals surface area contributed by atoms with E-state index in [-0.39, 0.29) is 18.2 Å². The lowest BCUT2D eigenvalue weighted by molar-refractivity contribution is -0.137. The van der Waals surface area contributed by atoms with Crippen molar-refractivity contribution >= 4 is 17.6 Å². The number of rotatable bonds is 8. The van der Waals surface area contributed by atoms with Gasteiger partial charge in [-0.3, -0.25) is 9.59 Å². The van der Waals surface area contributed by atoms with Gasteiger partial charge in [0.2, 0.25) is 5.91 Å². The largest absolute Gasteiger partial charge is 0.481 e. The number of carbonyl (C=O) groups is 2. The molecule has 0 saturated heterocycles. The highest BCUT2D eigenvalue weighted by Crippen LogP contribution is 2.30. The van der Waals surface area contributed by atoms with Crippen LogP contribution in [0, 0.1) is 5.92 Å². The molecule has 2 rings (SSSR count). The lowest BCUT2D eigenvalue weighted by Gasteiger charge is -2.20. The number of amides is 1. The molecule has 1 aromatic carbocycles. The van der Waals surface area contributed by atoms with E-state index in [2.05, 4.69) is 5.32 Å². The first-order chi connectivity index (χ1) is 10.5. The molecule has 0 radical (unpaired) electrons. The molecule has 120 valence electrons. The van der Waals surface area contributed by atoms with Crippen LogP contribution in [0.15, 0.2) is 24.3 Å². The fraction of sp³-hybridized carbons (Fsp3) is 0.500. The van der Waals surface area contributed by atoms with Crippen LogP contribution in [0.1, 0.15) is 30.9 Å². The molecule has 0 bridgehead atoms. The van der Waals surface area contributed by atoms with Gasteiger partial charge in [0.15, 0.2) is 0 Å². The Kier molecular flexibility index (Phi) is 5.51. The van der Waals surface area contributed by atoms with Crippen LogP contribution in [-0.4, -0.2) is 47.1 Å². The number of aliphatic hydroxyl groups excluding tert-OH is 1. The Morgan fingerprint density at radius 3 is 2.50 bits per heavy atom. The molecule has 1 unspecified atom stereocenters. The predicted molar refractivity (Wildman–Crippen MR) is 82.5 cm³/mol. The standard InChI is InChI=1S/C16H22N2O4/c1-18(9-8-15(20)21)10-14(19)11-4-6-13(7-5-11)17-16(22)12-2-3-12/h4-7,12,14,19H,2-3,8-10H2,1H3,(H,17,22)(H,20,21). The highest BCUT2D eigenvalue weighted by atomic mass is 16.4. The Hall–Kier alpha value is -1.92. The Morgan fingerprint density at radius 1 is 1.32 bits per heavy atom. The van der Waals surface area contributed by atoms with Crippen LogP contribution in [0.4, 0.5) is 5.69 Å². The Balaban J connectivity index is 1.83. The molecular weight excluding hydrogens is 284 g/mol. The van der Waals surface area contributed by atoms with E-state index in [4.69, 9.17) is 5.11 Å². The zero-order chi connectivity index (χ0) is 16.1. The molecule has 1 amide bonds. The summed E-state index contributed by atoms with van der Waals surface area (Å²) >= 11 is 0. The highest BCUT2D eigenvalue weighted by Gasteiger charge is 2.29. The Morgan fingerprint density at radius 2 is 1.95 bits per heavy atom. The number of carboxylic acid groups (broad SMARTS) is 1. The molecule has 1 aromatic rings. The van der Waals surface area contributed by atoms with Gasteiger partial charge < -0.3 is 20.4 Å². The number of nitrogens with one attached hydrogen (secondary N) is 1. The van der Waals surface area contributed by atoms with E-state index in [1.54, 1.807) is 36.2 Å². The van der Waals surface area contributed by atoms with Gasteiger partial charge in [-0.1, -0.05) is 12.1 Å². The monoisotopic (exact) mass is 306 g/mol. The van der Waals surface area contributed by atoms with Crippen molar-refractivity contribution in [3.05, 3.63) is 29.8 Å². The molecule has 1 atom stereocenters. The van der Waals surface area contributed by atoms with Crippen LogP contribution in [0.3, 0.4) is 0 Å². The van der Waals surface area contributed by atoms with Crippen LogP contribution in [0.25, 0.3) is 0 Å². The van der Waals surface area contributed by atoms with Gasteiger partial charge in [-0.15, -0.1) is 0 Å². The van der Waals surface area contributed by atoms with Crippen LogP contribution in [-0.2, 0) is 9.59 Å². The van der Waals surface area contributed by atoms with Gasteiger partial charge in [0.1, 0.15) is 0 Å². The maximum absolute atomic E-state index is 11.7. The number of anilines is 1. The van der Waals surface area contributed by atoms with Crippen molar-refractivity contribution in [2.45, 2.75) is 25.4 Å². The highest BCUT2D eigenvalue weighted by molar-refractivity contribution is 5.94. The van der Waals surface area contributed by atoms with Crippen LogP contribution in [0.5, 0.6) is 0 Å². The third-order valence-electron chi connectivity index (χ3n) is 3.70. The van der Waals surface area contributed by atoms with Crippen molar-refractivity contribution in [1.82, 2.24) is 4.90 Å². The van der Waals surface area contributed by atoms with E-state index < -0.39 is 12.1 Å². The number of aliphatic carboxylic acids is 1. The third kappa shape index (κ3) is 5.13. The fourth-order valence-corrected chi connectivity index (χ4v) is 2.16. The molecule has 1 aliphatic rings. The Bertz CT molecular complexity index is 525. The summed E-state index contributed by atoms with van der Waals surface area (Å²) in [4.78, 5) is 23.9. The third-order valence-corrected chi connectivity index (χ3v) is 3.70. The minimum Gasteiger partial charge on any atom is -0.481 e. The molecule has 0 heterocycles. The lowest BCUT2D eigenvalue weighted by atomic mass is 10.1.